The van der Waals surface area contributed by atoms with Gasteiger partial charge in [-0.3, -0.25) is 0 Å². The van der Waals surface area contributed by atoms with Crippen LogP contribution in [0.2, 0.25) is 10.0 Å². The Labute approximate surface area is 142 Å². The van der Waals surface area contributed by atoms with Crippen molar-refractivity contribution >= 4 is 23.2 Å². The number of benzene rings is 2. The molecule has 0 saturated carbocycles. The molecule has 0 unspecified atom stereocenters. The number of hydrogen-bond donors (Lipinski definition) is 0. The van der Waals surface area contributed by atoms with Crippen LogP contribution in [-0.2, 0) is 0 Å². The second kappa shape index (κ2) is 8.30. The van der Waals surface area contributed by atoms with Crippen LogP contribution in [0.15, 0.2) is 36.4 Å². The molecule has 118 valence electrons. The molecule has 0 aromatic heterocycles. The molecule has 0 fully saturated rings. The molecule has 0 bridgehead atoms. The third kappa shape index (κ3) is 5.11. The van der Waals surface area contributed by atoms with Gasteiger partial charge in [0.05, 0.1) is 13.2 Å². The number of halogens is 2. The van der Waals surface area contributed by atoms with Gasteiger partial charge in [0.2, 0.25) is 0 Å². The Morgan fingerprint density at radius 3 is 1.55 bits per heavy atom. The van der Waals surface area contributed by atoms with Gasteiger partial charge >= 0.3 is 0 Å². The summed E-state index contributed by atoms with van der Waals surface area (Å²) >= 11 is 11.9. The average molecular weight is 339 g/mol. The highest BCUT2D eigenvalue weighted by Gasteiger charge is 2.02. The van der Waals surface area contributed by atoms with E-state index in [0.717, 1.165) is 35.5 Å². The Balaban J connectivity index is 1.69. The van der Waals surface area contributed by atoms with Crippen LogP contribution in [0.3, 0.4) is 0 Å². The van der Waals surface area contributed by atoms with Gasteiger partial charge in [0.25, 0.3) is 0 Å². The lowest BCUT2D eigenvalue weighted by atomic mass is 10.2. The first kappa shape index (κ1) is 17.0. The lowest BCUT2D eigenvalue weighted by Gasteiger charge is -2.11. The lowest BCUT2D eigenvalue weighted by Crippen LogP contribution is -2.03. The maximum Gasteiger partial charge on any atom is 0.123 e. The normalized spacial score (nSPS) is 10.5. The van der Waals surface area contributed by atoms with E-state index in [1.54, 1.807) is 0 Å². The average Bonchev–Trinajstić information content (AvgIpc) is 2.49. The van der Waals surface area contributed by atoms with Gasteiger partial charge in [0, 0.05) is 10.0 Å². The van der Waals surface area contributed by atoms with E-state index in [-0.39, 0.29) is 0 Å². The highest BCUT2D eigenvalue weighted by atomic mass is 35.5. The predicted octanol–water partition coefficient (Wildman–Crippen LogP) is 5.85. The molecule has 22 heavy (non-hydrogen) atoms. The molecule has 0 saturated heterocycles. The fraction of sp³-hybridized carbons (Fsp3) is 0.333. The topological polar surface area (TPSA) is 18.5 Å². The zero-order valence-corrected chi connectivity index (χ0v) is 14.4. The highest BCUT2D eigenvalue weighted by molar-refractivity contribution is 6.31. The summed E-state index contributed by atoms with van der Waals surface area (Å²) in [7, 11) is 0. The summed E-state index contributed by atoms with van der Waals surface area (Å²) in [5.41, 5.74) is 2.19. The van der Waals surface area contributed by atoms with Crippen molar-refractivity contribution in [3.05, 3.63) is 57.6 Å². The van der Waals surface area contributed by atoms with Gasteiger partial charge in [-0.25, -0.2) is 0 Å². The van der Waals surface area contributed by atoms with E-state index in [2.05, 4.69) is 0 Å². The van der Waals surface area contributed by atoms with Crippen molar-refractivity contribution in [1.82, 2.24) is 0 Å². The standard InChI is InChI=1S/C18H20Cl2O2/c1-13-5-7-15(19)11-17(13)21-9-3-4-10-22-18-12-16(20)8-6-14(18)2/h5-8,11-12H,3-4,9-10H2,1-2H3. The molecule has 0 aliphatic rings. The van der Waals surface area contributed by atoms with Gasteiger partial charge in [-0.2, -0.15) is 0 Å². The molecule has 0 atom stereocenters. The van der Waals surface area contributed by atoms with E-state index in [1.807, 2.05) is 50.2 Å². The third-order valence-corrected chi connectivity index (χ3v) is 3.82. The quantitative estimate of drug-likeness (QED) is 0.589. The molecule has 2 aromatic rings. The van der Waals surface area contributed by atoms with Crippen molar-refractivity contribution < 1.29 is 9.47 Å². The van der Waals surface area contributed by atoms with Crippen LogP contribution in [0.4, 0.5) is 0 Å². The van der Waals surface area contributed by atoms with Gasteiger partial charge in [0.1, 0.15) is 11.5 Å². The van der Waals surface area contributed by atoms with E-state index in [4.69, 9.17) is 32.7 Å². The minimum atomic E-state index is 0.652. The third-order valence-electron chi connectivity index (χ3n) is 3.35. The SMILES string of the molecule is Cc1ccc(Cl)cc1OCCCCOc1cc(Cl)ccc1C. The number of hydrogen-bond acceptors (Lipinski definition) is 2. The first-order valence-corrected chi connectivity index (χ1v) is 8.10. The molecule has 0 amide bonds. The summed E-state index contributed by atoms with van der Waals surface area (Å²) in [6.07, 6.45) is 1.84. The summed E-state index contributed by atoms with van der Waals surface area (Å²) in [5.74, 6) is 1.69. The molecule has 0 heterocycles. The number of ether oxygens (including phenoxy) is 2. The zero-order valence-electron chi connectivity index (χ0n) is 12.9. The first-order valence-electron chi connectivity index (χ1n) is 7.34. The van der Waals surface area contributed by atoms with Crippen molar-refractivity contribution in [2.24, 2.45) is 0 Å². The summed E-state index contributed by atoms with van der Waals surface area (Å²) in [5, 5.41) is 1.39. The molecular weight excluding hydrogens is 319 g/mol. The van der Waals surface area contributed by atoms with Crippen LogP contribution in [0.1, 0.15) is 24.0 Å². The van der Waals surface area contributed by atoms with Crippen LogP contribution in [-0.4, -0.2) is 13.2 Å². The van der Waals surface area contributed by atoms with Gasteiger partial charge in [-0.05, 0) is 62.1 Å². The second-order valence-electron chi connectivity index (χ2n) is 5.22. The van der Waals surface area contributed by atoms with Gasteiger partial charge in [0.15, 0.2) is 0 Å². The Bertz CT molecular complexity index is 571. The Morgan fingerprint density at radius 1 is 0.727 bits per heavy atom. The summed E-state index contributed by atoms with van der Waals surface area (Å²) in [6.45, 7) is 5.32. The fourth-order valence-electron chi connectivity index (χ4n) is 2.03. The fourth-order valence-corrected chi connectivity index (χ4v) is 2.35. The number of unbranched alkanes of at least 4 members (excludes halogenated alkanes) is 1. The lowest BCUT2D eigenvalue weighted by molar-refractivity contribution is 0.265. The van der Waals surface area contributed by atoms with Crippen molar-refractivity contribution in [2.75, 3.05) is 13.2 Å². The number of rotatable bonds is 7. The van der Waals surface area contributed by atoms with Crippen LogP contribution < -0.4 is 9.47 Å². The Hall–Kier alpha value is -1.38. The molecule has 2 aromatic carbocycles. The van der Waals surface area contributed by atoms with Crippen molar-refractivity contribution in [1.29, 1.82) is 0 Å². The molecule has 0 spiro atoms. The van der Waals surface area contributed by atoms with E-state index < -0.39 is 0 Å². The van der Waals surface area contributed by atoms with Crippen molar-refractivity contribution in [3.63, 3.8) is 0 Å². The maximum atomic E-state index is 5.96. The van der Waals surface area contributed by atoms with E-state index in [0.29, 0.717) is 23.3 Å². The van der Waals surface area contributed by atoms with Crippen LogP contribution in [0.5, 0.6) is 11.5 Å². The van der Waals surface area contributed by atoms with Gasteiger partial charge in [-0.15, -0.1) is 0 Å². The molecule has 0 aliphatic carbocycles. The van der Waals surface area contributed by atoms with Gasteiger partial charge in [-0.1, -0.05) is 35.3 Å². The molecule has 2 nitrogen and oxygen atoms in total. The largest absolute Gasteiger partial charge is 0.493 e. The molecular formula is C18H20Cl2O2. The van der Waals surface area contributed by atoms with E-state index in [9.17, 15) is 0 Å². The zero-order chi connectivity index (χ0) is 15.9. The smallest absolute Gasteiger partial charge is 0.123 e. The number of aryl methyl sites for hydroxylation is 2. The minimum Gasteiger partial charge on any atom is -0.493 e. The second-order valence-corrected chi connectivity index (χ2v) is 6.10. The molecule has 2 rings (SSSR count). The Morgan fingerprint density at radius 2 is 1.14 bits per heavy atom. The minimum absolute atomic E-state index is 0.652. The molecule has 0 aliphatic heterocycles. The van der Waals surface area contributed by atoms with Crippen LogP contribution >= 0.6 is 23.2 Å². The Kier molecular flexibility index (Phi) is 6.41. The van der Waals surface area contributed by atoms with Gasteiger partial charge < -0.3 is 9.47 Å². The van der Waals surface area contributed by atoms with Crippen molar-refractivity contribution in [2.45, 2.75) is 26.7 Å². The predicted molar refractivity (Wildman–Crippen MR) is 92.6 cm³/mol. The van der Waals surface area contributed by atoms with Crippen LogP contribution in [0.25, 0.3) is 0 Å². The van der Waals surface area contributed by atoms with E-state index >= 15 is 0 Å². The molecule has 4 heteroatoms. The van der Waals surface area contributed by atoms with Crippen LogP contribution in [0, 0.1) is 13.8 Å². The monoisotopic (exact) mass is 338 g/mol. The summed E-state index contributed by atoms with van der Waals surface area (Å²) < 4.78 is 11.5. The first-order chi connectivity index (χ1) is 10.6. The van der Waals surface area contributed by atoms with E-state index in [1.165, 1.54) is 0 Å². The van der Waals surface area contributed by atoms with Crippen molar-refractivity contribution in [3.8, 4) is 11.5 Å². The highest BCUT2D eigenvalue weighted by Crippen LogP contribution is 2.24. The summed E-state index contributed by atoms with van der Waals surface area (Å²) in [6, 6.07) is 11.4. The molecule has 0 radical (unpaired) electrons. The summed E-state index contributed by atoms with van der Waals surface area (Å²) in [4.78, 5) is 0. The maximum absolute atomic E-state index is 5.96. The molecule has 0 N–H and O–H groups in total.